The number of esters is 1. The molecular weight excluding hydrogens is 476 g/mol. The molecule has 1 fully saturated rings. The topological polar surface area (TPSA) is 108 Å². The zero-order valence-electron chi connectivity index (χ0n) is 20.5. The van der Waals surface area contributed by atoms with Gasteiger partial charge < -0.3 is 18.6 Å². The fourth-order valence-electron chi connectivity index (χ4n) is 3.76. The smallest absolute Gasteiger partial charge is 0.417 e. The van der Waals surface area contributed by atoms with Gasteiger partial charge in [-0.15, -0.1) is 0 Å². The molecule has 0 N–H and O–H groups in total. The fraction of sp³-hybridized carbons (Fsp3) is 0.286. The van der Waals surface area contributed by atoms with Crippen molar-refractivity contribution in [3.63, 3.8) is 0 Å². The van der Waals surface area contributed by atoms with Crippen LogP contribution in [-0.4, -0.2) is 47.1 Å². The first-order valence-corrected chi connectivity index (χ1v) is 12.1. The maximum atomic E-state index is 12.4. The molecule has 37 heavy (non-hydrogen) atoms. The SMILES string of the molecule is CCOC(=O)CN1C(=O)OC(CCCc2ccc(OCc3coc(C=Cc4ccccc4)n3)cc2)C1=O. The first kappa shape index (κ1) is 25.7. The molecular formula is C28H28N2O7. The predicted octanol–water partition coefficient (Wildman–Crippen LogP) is 4.66. The Morgan fingerprint density at radius 3 is 2.62 bits per heavy atom. The highest BCUT2D eigenvalue weighted by molar-refractivity contribution is 6.02. The van der Waals surface area contributed by atoms with Gasteiger partial charge in [0.25, 0.3) is 5.91 Å². The number of rotatable bonds is 12. The molecule has 9 nitrogen and oxygen atoms in total. The molecule has 0 radical (unpaired) electrons. The van der Waals surface area contributed by atoms with Gasteiger partial charge in [-0.05, 0) is 55.5 Å². The Morgan fingerprint density at radius 2 is 1.86 bits per heavy atom. The maximum absolute atomic E-state index is 12.4. The van der Waals surface area contributed by atoms with E-state index < -0.39 is 30.6 Å². The minimum Gasteiger partial charge on any atom is -0.487 e. The van der Waals surface area contributed by atoms with Crippen LogP contribution in [0, 0.1) is 0 Å². The molecule has 3 aromatic rings. The molecule has 4 rings (SSSR count). The monoisotopic (exact) mass is 504 g/mol. The third kappa shape index (κ3) is 7.30. The summed E-state index contributed by atoms with van der Waals surface area (Å²) >= 11 is 0. The molecule has 1 aliphatic heterocycles. The Morgan fingerprint density at radius 1 is 1.08 bits per heavy atom. The second-order valence-electron chi connectivity index (χ2n) is 8.35. The van der Waals surface area contributed by atoms with Crippen LogP contribution in [0.25, 0.3) is 12.2 Å². The molecule has 2 amide bonds. The predicted molar refractivity (Wildman–Crippen MR) is 134 cm³/mol. The number of carbonyl (C=O) groups excluding carboxylic acids is 3. The van der Waals surface area contributed by atoms with Crippen molar-refractivity contribution in [2.75, 3.05) is 13.2 Å². The molecule has 1 aliphatic rings. The molecule has 1 unspecified atom stereocenters. The average Bonchev–Trinajstić information content (AvgIpc) is 3.47. The molecule has 2 aromatic carbocycles. The first-order valence-electron chi connectivity index (χ1n) is 12.1. The molecule has 0 saturated carbocycles. The highest BCUT2D eigenvalue weighted by atomic mass is 16.6. The molecule has 9 heteroatoms. The molecule has 1 saturated heterocycles. The van der Waals surface area contributed by atoms with Crippen molar-refractivity contribution < 1.29 is 33.0 Å². The van der Waals surface area contributed by atoms with E-state index in [-0.39, 0.29) is 13.2 Å². The summed E-state index contributed by atoms with van der Waals surface area (Å²) in [7, 11) is 0. The van der Waals surface area contributed by atoms with Crippen LogP contribution in [0.2, 0.25) is 0 Å². The lowest BCUT2D eigenvalue weighted by Crippen LogP contribution is -2.36. The largest absolute Gasteiger partial charge is 0.487 e. The summed E-state index contributed by atoms with van der Waals surface area (Å²) < 4.78 is 21.2. The second kappa shape index (κ2) is 12.5. The first-order chi connectivity index (χ1) is 18.0. The third-order valence-corrected chi connectivity index (χ3v) is 5.63. The lowest BCUT2D eigenvalue weighted by molar-refractivity contribution is -0.146. The molecule has 0 bridgehead atoms. The van der Waals surface area contributed by atoms with Crippen molar-refractivity contribution in [2.45, 2.75) is 38.9 Å². The molecule has 192 valence electrons. The highest BCUT2D eigenvalue weighted by Gasteiger charge is 2.41. The van der Waals surface area contributed by atoms with E-state index in [9.17, 15) is 14.4 Å². The summed E-state index contributed by atoms with van der Waals surface area (Å²) in [6, 6.07) is 17.5. The van der Waals surface area contributed by atoms with E-state index >= 15 is 0 Å². The summed E-state index contributed by atoms with van der Waals surface area (Å²) in [6.07, 6.45) is 5.33. The van der Waals surface area contributed by atoms with Crippen molar-refractivity contribution in [3.8, 4) is 5.75 Å². The van der Waals surface area contributed by atoms with Crippen LogP contribution in [-0.2, 0) is 32.1 Å². The van der Waals surface area contributed by atoms with Crippen LogP contribution in [0.1, 0.15) is 42.5 Å². The Hall–Kier alpha value is -4.40. The van der Waals surface area contributed by atoms with Gasteiger partial charge in [-0.25, -0.2) is 14.7 Å². The number of aromatic nitrogens is 1. The number of cyclic esters (lactones) is 1. The number of amides is 2. The van der Waals surface area contributed by atoms with Crippen molar-refractivity contribution in [1.29, 1.82) is 0 Å². The van der Waals surface area contributed by atoms with Crippen molar-refractivity contribution in [2.24, 2.45) is 0 Å². The van der Waals surface area contributed by atoms with Gasteiger partial charge in [0.2, 0.25) is 5.89 Å². The molecule has 2 heterocycles. The number of ether oxygens (including phenoxy) is 3. The van der Waals surface area contributed by atoms with Crippen LogP contribution in [0.15, 0.2) is 65.3 Å². The van der Waals surface area contributed by atoms with E-state index in [1.54, 1.807) is 13.2 Å². The van der Waals surface area contributed by atoms with Gasteiger partial charge in [0.05, 0.1) is 6.61 Å². The Balaban J connectivity index is 1.19. The molecule has 1 atom stereocenters. The van der Waals surface area contributed by atoms with Gasteiger partial charge in [-0.3, -0.25) is 9.59 Å². The van der Waals surface area contributed by atoms with Crippen molar-refractivity contribution in [1.82, 2.24) is 9.88 Å². The van der Waals surface area contributed by atoms with Crippen LogP contribution < -0.4 is 4.74 Å². The lowest BCUT2D eigenvalue weighted by Gasteiger charge is -2.10. The number of carbonyl (C=O) groups is 3. The van der Waals surface area contributed by atoms with E-state index in [1.165, 1.54) is 0 Å². The van der Waals surface area contributed by atoms with E-state index in [4.69, 9.17) is 18.6 Å². The van der Waals surface area contributed by atoms with Crippen molar-refractivity contribution >= 4 is 30.1 Å². The van der Waals surface area contributed by atoms with E-state index in [0.717, 1.165) is 16.0 Å². The number of hydrogen-bond donors (Lipinski definition) is 0. The van der Waals surface area contributed by atoms with Crippen LogP contribution in [0.4, 0.5) is 4.79 Å². The Bertz CT molecular complexity index is 1230. The van der Waals surface area contributed by atoms with E-state index in [0.29, 0.717) is 36.6 Å². The van der Waals surface area contributed by atoms with Gasteiger partial charge in [-0.2, -0.15) is 0 Å². The van der Waals surface area contributed by atoms with Crippen molar-refractivity contribution in [3.05, 3.63) is 83.6 Å². The zero-order chi connectivity index (χ0) is 26.0. The summed E-state index contributed by atoms with van der Waals surface area (Å²) in [6.45, 7) is 1.68. The Labute approximate surface area is 214 Å². The van der Waals surface area contributed by atoms with Crippen LogP contribution in [0.3, 0.4) is 0 Å². The molecule has 0 spiro atoms. The zero-order valence-corrected chi connectivity index (χ0v) is 20.5. The van der Waals surface area contributed by atoms with Crippen LogP contribution in [0.5, 0.6) is 5.75 Å². The normalized spacial score (nSPS) is 15.3. The number of oxazole rings is 1. The summed E-state index contributed by atoms with van der Waals surface area (Å²) in [5.41, 5.74) is 2.80. The third-order valence-electron chi connectivity index (χ3n) is 5.63. The van der Waals surface area contributed by atoms with Gasteiger partial charge in [-0.1, -0.05) is 42.5 Å². The van der Waals surface area contributed by atoms with Gasteiger partial charge in [0.1, 0.15) is 30.9 Å². The quantitative estimate of drug-likeness (QED) is 0.328. The minimum atomic E-state index is -0.876. The molecule has 0 aliphatic carbocycles. The van der Waals surface area contributed by atoms with Gasteiger partial charge >= 0.3 is 12.1 Å². The summed E-state index contributed by atoms with van der Waals surface area (Å²) in [5, 5.41) is 0. The lowest BCUT2D eigenvalue weighted by atomic mass is 10.1. The number of hydrogen-bond acceptors (Lipinski definition) is 8. The second-order valence-corrected chi connectivity index (χ2v) is 8.35. The highest BCUT2D eigenvalue weighted by Crippen LogP contribution is 2.20. The standard InChI is InChI=1S/C28H28N2O7/c1-2-34-26(31)17-30-27(32)24(37-28(30)33)10-6-9-21-11-14-23(15-12-21)35-18-22-19-36-25(29-22)16-13-20-7-4-3-5-8-20/h3-5,7-8,11-16,19,24H,2,6,9-10,17-18H2,1H3. The van der Waals surface area contributed by atoms with E-state index in [2.05, 4.69) is 4.98 Å². The maximum Gasteiger partial charge on any atom is 0.417 e. The number of nitrogens with zero attached hydrogens (tertiary/aromatic N) is 2. The summed E-state index contributed by atoms with van der Waals surface area (Å²) in [4.78, 5) is 41.1. The van der Waals surface area contributed by atoms with E-state index in [1.807, 2.05) is 66.7 Å². The molecule has 1 aromatic heterocycles. The van der Waals surface area contributed by atoms with Crippen LogP contribution >= 0.6 is 0 Å². The van der Waals surface area contributed by atoms with Gasteiger partial charge in [0, 0.05) is 6.08 Å². The van der Waals surface area contributed by atoms with Gasteiger partial charge in [0.15, 0.2) is 6.10 Å². The number of aryl methyl sites for hydroxylation is 1. The Kier molecular flexibility index (Phi) is 8.70. The fourth-order valence-corrected chi connectivity index (χ4v) is 3.76. The summed E-state index contributed by atoms with van der Waals surface area (Å²) in [5.74, 6) is 0.0592. The average molecular weight is 505 g/mol. The number of benzene rings is 2. The minimum absolute atomic E-state index is 0.178. The number of imide groups is 1.